The zero-order valence-corrected chi connectivity index (χ0v) is 32.3. The number of thiophene rings is 1. The topological polar surface area (TPSA) is 69.6 Å². The molecule has 0 spiro atoms. The summed E-state index contributed by atoms with van der Waals surface area (Å²) >= 11 is 1.76. The van der Waals surface area contributed by atoms with Gasteiger partial charge >= 0.3 is 0 Å². The fourth-order valence-corrected chi connectivity index (χ4v) is 9.62. The molecule has 0 amide bonds. The second-order valence-corrected chi connectivity index (χ2v) is 15.6. The normalized spacial score (nSPS) is 11.7. The highest BCUT2D eigenvalue weighted by Crippen LogP contribution is 2.46. The van der Waals surface area contributed by atoms with Crippen molar-refractivity contribution in [3.05, 3.63) is 188 Å². The zero-order valence-electron chi connectivity index (χ0n) is 31.5. The molecule has 0 bridgehead atoms. The number of para-hydroxylation sites is 4. The lowest BCUT2D eigenvalue weighted by Crippen LogP contribution is -2.00. The van der Waals surface area contributed by atoms with Crippen LogP contribution in [-0.2, 0) is 0 Å². The molecule has 8 aromatic carbocycles. The Morgan fingerprint density at radius 1 is 0.407 bits per heavy atom. The monoisotopic (exact) mass is 773 g/mol. The number of hydrogen-bond acceptors (Lipinski definition) is 6. The second kappa shape index (κ2) is 13.4. The molecule has 12 aromatic rings. The van der Waals surface area contributed by atoms with Crippen LogP contribution >= 0.6 is 11.3 Å². The van der Waals surface area contributed by atoms with Gasteiger partial charge in [-0.15, -0.1) is 11.3 Å². The quantitative estimate of drug-likeness (QED) is 0.168. The minimum atomic E-state index is 0.540. The third kappa shape index (κ3) is 5.40. The molecular weight excluding hydrogens is 743 g/mol. The standard InChI is InChI=1S/C52H31N5OS/c1-4-16-32(17-5-1)35-30-31-38-37-23-14-25-40(46(37)58-47(38)45(35)52-53-42-27-11-12-28-43(42)57(52)34-20-8-3-9-21-34)50-54-49(33-18-6-2-7-19-33)55-51(56-50)41-26-15-24-39-36-22-10-13-29-44(36)59-48(39)41/h1-31H. The lowest BCUT2D eigenvalue weighted by Gasteiger charge is -2.14. The molecule has 0 saturated heterocycles. The van der Waals surface area contributed by atoms with Gasteiger partial charge in [0.1, 0.15) is 17.0 Å². The fourth-order valence-electron chi connectivity index (χ4n) is 8.41. The van der Waals surface area contributed by atoms with Crippen LogP contribution in [0.25, 0.3) is 116 Å². The Hall–Kier alpha value is -7.74. The third-order valence-electron chi connectivity index (χ3n) is 11.1. The Morgan fingerprint density at radius 3 is 1.83 bits per heavy atom. The first-order valence-electron chi connectivity index (χ1n) is 19.6. The van der Waals surface area contributed by atoms with Crippen molar-refractivity contribution >= 4 is 64.5 Å². The van der Waals surface area contributed by atoms with Gasteiger partial charge in [-0.25, -0.2) is 19.9 Å². The molecule has 0 radical (unpaired) electrons. The van der Waals surface area contributed by atoms with Crippen LogP contribution in [0.4, 0.5) is 0 Å². The molecule has 0 saturated carbocycles. The van der Waals surface area contributed by atoms with E-state index < -0.39 is 0 Å². The Bertz CT molecular complexity index is 3550. The lowest BCUT2D eigenvalue weighted by atomic mass is 9.96. The Kier molecular flexibility index (Phi) is 7.61. The number of furan rings is 1. The number of aromatic nitrogens is 5. The maximum absolute atomic E-state index is 7.22. The molecule has 59 heavy (non-hydrogen) atoms. The Balaban J connectivity index is 1.14. The molecule has 0 aliphatic carbocycles. The number of nitrogens with zero attached hydrogens (tertiary/aromatic N) is 5. The van der Waals surface area contributed by atoms with Gasteiger partial charge in [0.15, 0.2) is 17.5 Å². The first-order valence-corrected chi connectivity index (χ1v) is 20.4. The molecule has 0 fully saturated rings. The average molecular weight is 774 g/mol. The van der Waals surface area contributed by atoms with Gasteiger partial charge in [-0.3, -0.25) is 4.57 Å². The molecule has 7 heteroatoms. The van der Waals surface area contributed by atoms with E-state index in [0.717, 1.165) is 77.0 Å². The van der Waals surface area contributed by atoms with Crippen LogP contribution in [0.15, 0.2) is 192 Å². The summed E-state index contributed by atoms with van der Waals surface area (Å²) in [6, 6.07) is 64.8. The van der Waals surface area contributed by atoms with Crippen LogP contribution < -0.4 is 0 Å². The predicted octanol–water partition coefficient (Wildman–Crippen LogP) is 13.8. The number of hydrogen-bond donors (Lipinski definition) is 0. The average Bonchev–Trinajstić information content (AvgIpc) is 4.01. The summed E-state index contributed by atoms with van der Waals surface area (Å²) < 4.78 is 11.8. The van der Waals surface area contributed by atoms with Crippen molar-refractivity contribution in [3.63, 3.8) is 0 Å². The molecule has 0 N–H and O–H groups in total. The molecule has 0 aliphatic heterocycles. The maximum Gasteiger partial charge on any atom is 0.167 e. The summed E-state index contributed by atoms with van der Waals surface area (Å²) in [4.78, 5) is 20.9. The van der Waals surface area contributed by atoms with Crippen LogP contribution in [-0.4, -0.2) is 24.5 Å². The molecule has 12 rings (SSSR count). The molecule has 0 unspecified atom stereocenters. The maximum atomic E-state index is 7.22. The van der Waals surface area contributed by atoms with E-state index in [9.17, 15) is 0 Å². The van der Waals surface area contributed by atoms with Gasteiger partial charge in [0.05, 0.1) is 22.2 Å². The molecule has 0 atom stereocenters. The van der Waals surface area contributed by atoms with E-state index in [-0.39, 0.29) is 0 Å². The van der Waals surface area contributed by atoms with Gasteiger partial charge < -0.3 is 4.42 Å². The van der Waals surface area contributed by atoms with E-state index >= 15 is 0 Å². The summed E-state index contributed by atoms with van der Waals surface area (Å²) in [5, 5.41) is 4.37. The Labute approximate surface area is 342 Å². The van der Waals surface area contributed by atoms with E-state index in [2.05, 4.69) is 144 Å². The van der Waals surface area contributed by atoms with Crippen molar-refractivity contribution in [2.24, 2.45) is 0 Å². The molecule has 4 aromatic heterocycles. The number of rotatable bonds is 6. The van der Waals surface area contributed by atoms with Crippen molar-refractivity contribution in [1.29, 1.82) is 0 Å². The van der Waals surface area contributed by atoms with Crippen LogP contribution in [0.1, 0.15) is 0 Å². The molecule has 4 heterocycles. The van der Waals surface area contributed by atoms with Gasteiger partial charge in [0.25, 0.3) is 0 Å². The summed E-state index contributed by atoms with van der Waals surface area (Å²) in [5.74, 6) is 2.55. The lowest BCUT2D eigenvalue weighted by molar-refractivity contribution is 0.670. The molecule has 276 valence electrons. The van der Waals surface area contributed by atoms with Gasteiger partial charge in [-0.1, -0.05) is 140 Å². The number of fused-ring (bicyclic) bond motifs is 7. The van der Waals surface area contributed by atoms with Gasteiger partial charge in [0.2, 0.25) is 0 Å². The van der Waals surface area contributed by atoms with Crippen molar-refractivity contribution in [2.75, 3.05) is 0 Å². The Morgan fingerprint density at radius 2 is 1.02 bits per heavy atom. The minimum absolute atomic E-state index is 0.540. The second-order valence-electron chi connectivity index (χ2n) is 14.6. The van der Waals surface area contributed by atoms with E-state index in [1.165, 1.54) is 15.5 Å². The van der Waals surface area contributed by atoms with E-state index in [0.29, 0.717) is 23.1 Å². The number of benzene rings is 8. The van der Waals surface area contributed by atoms with Crippen molar-refractivity contribution in [2.45, 2.75) is 0 Å². The summed E-state index contributed by atoms with van der Waals surface area (Å²) in [5.41, 5.74) is 10.0. The highest BCUT2D eigenvalue weighted by atomic mass is 32.1. The van der Waals surface area contributed by atoms with Gasteiger partial charge in [-0.05, 0) is 59.7 Å². The molecular formula is C52H31N5OS. The third-order valence-corrected chi connectivity index (χ3v) is 12.3. The molecule has 0 aliphatic rings. The largest absolute Gasteiger partial charge is 0.454 e. The molecule has 6 nitrogen and oxygen atoms in total. The first-order chi connectivity index (χ1) is 29.3. The predicted molar refractivity (Wildman–Crippen MR) is 242 cm³/mol. The van der Waals surface area contributed by atoms with E-state index in [1.807, 2.05) is 48.5 Å². The summed E-state index contributed by atoms with van der Waals surface area (Å²) in [7, 11) is 0. The summed E-state index contributed by atoms with van der Waals surface area (Å²) in [6.07, 6.45) is 0. The van der Waals surface area contributed by atoms with Crippen LogP contribution in [0, 0.1) is 0 Å². The minimum Gasteiger partial charge on any atom is -0.454 e. The van der Waals surface area contributed by atoms with Gasteiger partial charge in [-0.2, -0.15) is 0 Å². The highest BCUT2D eigenvalue weighted by molar-refractivity contribution is 7.26. The zero-order chi connectivity index (χ0) is 38.9. The van der Waals surface area contributed by atoms with Crippen molar-refractivity contribution in [1.82, 2.24) is 24.5 Å². The smallest absolute Gasteiger partial charge is 0.167 e. The van der Waals surface area contributed by atoms with E-state index in [4.69, 9.17) is 24.4 Å². The van der Waals surface area contributed by atoms with Crippen LogP contribution in [0.2, 0.25) is 0 Å². The fraction of sp³-hybridized carbons (Fsp3) is 0. The number of imidazole rings is 1. The first kappa shape index (κ1) is 33.4. The van der Waals surface area contributed by atoms with Gasteiger partial charge in [0, 0.05) is 47.8 Å². The van der Waals surface area contributed by atoms with Crippen LogP contribution in [0.5, 0.6) is 0 Å². The van der Waals surface area contributed by atoms with Crippen molar-refractivity contribution in [3.8, 4) is 62.4 Å². The van der Waals surface area contributed by atoms with Crippen LogP contribution in [0.3, 0.4) is 0 Å². The summed E-state index contributed by atoms with van der Waals surface area (Å²) in [6.45, 7) is 0. The SMILES string of the molecule is c1ccc(-c2nc(-c3cccc4c3oc3c(-c5nc6ccccc6n5-c5ccccc5)c(-c5ccccc5)ccc34)nc(-c3cccc4c3sc3ccccc34)n2)cc1. The highest BCUT2D eigenvalue weighted by Gasteiger charge is 2.26. The van der Waals surface area contributed by atoms with Crippen molar-refractivity contribution < 1.29 is 4.42 Å². The van der Waals surface area contributed by atoms with E-state index in [1.54, 1.807) is 11.3 Å².